The molecule has 8 nitrogen and oxygen atoms in total. The summed E-state index contributed by atoms with van der Waals surface area (Å²) in [6.45, 7) is 3.50. The van der Waals surface area contributed by atoms with Crippen molar-refractivity contribution in [1.82, 2.24) is 25.3 Å². The quantitative estimate of drug-likeness (QED) is 0.558. The molecule has 1 aliphatic carbocycles. The van der Waals surface area contributed by atoms with E-state index < -0.39 is 5.60 Å². The molecule has 0 unspecified atom stereocenters. The molecule has 2 heterocycles. The van der Waals surface area contributed by atoms with Gasteiger partial charge in [0.2, 0.25) is 5.91 Å². The summed E-state index contributed by atoms with van der Waals surface area (Å²) in [4.78, 5) is 26.8. The van der Waals surface area contributed by atoms with Gasteiger partial charge in [-0.05, 0) is 60.7 Å². The molecule has 32 heavy (non-hydrogen) atoms. The van der Waals surface area contributed by atoms with Crippen molar-refractivity contribution in [3.63, 3.8) is 0 Å². The Morgan fingerprint density at radius 1 is 1.28 bits per heavy atom. The molecule has 0 spiro atoms. The highest BCUT2D eigenvalue weighted by molar-refractivity contribution is 9.10. The Kier molecular flexibility index (Phi) is 6.69. The van der Waals surface area contributed by atoms with E-state index >= 15 is 0 Å². The fourth-order valence-corrected chi connectivity index (χ4v) is 5.43. The highest BCUT2D eigenvalue weighted by Crippen LogP contribution is 2.41. The van der Waals surface area contributed by atoms with Crippen molar-refractivity contribution in [1.29, 1.82) is 0 Å². The molecule has 0 radical (unpaired) electrons. The van der Waals surface area contributed by atoms with E-state index in [1.54, 1.807) is 16.8 Å². The Balaban J connectivity index is 1.18. The number of carbonyl (C=O) groups excluding carboxylic acids is 2. The number of benzene rings is 1. The van der Waals surface area contributed by atoms with Gasteiger partial charge in [-0.1, -0.05) is 17.7 Å². The van der Waals surface area contributed by atoms with E-state index in [2.05, 4.69) is 36.6 Å². The van der Waals surface area contributed by atoms with Gasteiger partial charge >= 0.3 is 0 Å². The molecular formula is C23H30BrN5O3. The normalized spacial score (nSPS) is 24.1. The molecule has 2 aromatic rings. The van der Waals surface area contributed by atoms with Gasteiger partial charge in [0.1, 0.15) is 11.3 Å². The topological polar surface area (TPSA) is 99.5 Å². The summed E-state index contributed by atoms with van der Waals surface area (Å²) in [5.74, 6) is -0.415. The van der Waals surface area contributed by atoms with Crippen LogP contribution in [0, 0.1) is 6.92 Å². The monoisotopic (exact) mass is 503 g/mol. The highest BCUT2D eigenvalue weighted by Gasteiger charge is 2.42. The van der Waals surface area contributed by atoms with Crippen LogP contribution >= 0.6 is 15.9 Å². The van der Waals surface area contributed by atoms with Gasteiger partial charge in [-0.3, -0.25) is 19.2 Å². The van der Waals surface area contributed by atoms with Crippen LogP contribution in [0.3, 0.4) is 0 Å². The van der Waals surface area contributed by atoms with E-state index in [-0.39, 0.29) is 24.4 Å². The van der Waals surface area contributed by atoms with E-state index in [9.17, 15) is 14.7 Å². The van der Waals surface area contributed by atoms with Crippen LogP contribution in [0.5, 0.6) is 0 Å². The van der Waals surface area contributed by atoms with Crippen LogP contribution in [0.15, 0.2) is 34.9 Å². The Labute approximate surface area is 196 Å². The Morgan fingerprint density at radius 2 is 2.00 bits per heavy atom. The summed E-state index contributed by atoms with van der Waals surface area (Å²) in [6.07, 6.45) is 5.00. The highest BCUT2D eigenvalue weighted by atomic mass is 79.9. The molecule has 1 aromatic carbocycles. The molecule has 172 valence electrons. The minimum absolute atomic E-state index is 0.0291. The third-order valence-corrected chi connectivity index (χ3v) is 7.07. The first-order valence-electron chi connectivity index (χ1n) is 11.0. The molecule has 1 aliphatic heterocycles. The van der Waals surface area contributed by atoms with Crippen LogP contribution < -0.4 is 10.6 Å². The van der Waals surface area contributed by atoms with E-state index in [0.29, 0.717) is 24.4 Å². The number of rotatable bonds is 6. The van der Waals surface area contributed by atoms with Crippen LogP contribution in [0.2, 0.25) is 0 Å². The number of hydrogen-bond acceptors (Lipinski definition) is 5. The molecule has 4 rings (SSSR count). The first-order chi connectivity index (χ1) is 15.2. The second-order valence-corrected chi connectivity index (χ2v) is 9.89. The van der Waals surface area contributed by atoms with Gasteiger partial charge in [-0.15, -0.1) is 0 Å². The molecule has 2 amide bonds. The van der Waals surface area contributed by atoms with Crippen molar-refractivity contribution in [2.75, 3.05) is 19.6 Å². The molecule has 0 atom stereocenters. The van der Waals surface area contributed by atoms with Gasteiger partial charge in [0.15, 0.2) is 0 Å². The average molecular weight is 504 g/mol. The smallest absolute Gasteiger partial charge is 0.251 e. The zero-order valence-corrected chi connectivity index (χ0v) is 20.1. The van der Waals surface area contributed by atoms with Gasteiger partial charge in [-0.2, -0.15) is 5.10 Å². The minimum Gasteiger partial charge on any atom is -0.383 e. The second-order valence-electron chi connectivity index (χ2n) is 9.03. The molecule has 9 heteroatoms. The third-order valence-electron chi connectivity index (χ3n) is 6.49. The summed E-state index contributed by atoms with van der Waals surface area (Å²) < 4.78 is 2.57. The first-order valence-corrected chi connectivity index (χ1v) is 11.8. The van der Waals surface area contributed by atoms with E-state index in [0.717, 1.165) is 41.7 Å². The molecule has 1 saturated carbocycles. The van der Waals surface area contributed by atoms with Crippen LogP contribution in [0.25, 0.3) is 0 Å². The maximum absolute atomic E-state index is 12.2. The Bertz CT molecular complexity index is 993. The number of nitrogens with zero attached hydrogens (tertiary/aromatic N) is 3. The van der Waals surface area contributed by atoms with Crippen LogP contribution in [0.4, 0.5) is 0 Å². The lowest BCUT2D eigenvalue weighted by atomic mass is 9.79. The van der Waals surface area contributed by atoms with Crippen molar-refractivity contribution in [3.8, 4) is 0 Å². The summed E-state index contributed by atoms with van der Waals surface area (Å²) in [5.41, 5.74) is 1.40. The molecule has 1 aromatic heterocycles. The lowest BCUT2D eigenvalue weighted by Gasteiger charge is -2.48. The van der Waals surface area contributed by atoms with Crippen molar-refractivity contribution < 1.29 is 14.7 Å². The largest absolute Gasteiger partial charge is 0.383 e. The fraction of sp³-hybridized carbons (Fsp3) is 0.522. The predicted octanol–water partition coefficient (Wildman–Crippen LogP) is 1.85. The number of hydrogen-bond donors (Lipinski definition) is 3. The van der Waals surface area contributed by atoms with Gasteiger partial charge in [0.05, 0.1) is 17.1 Å². The number of nitrogens with one attached hydrogen (secondary N) is 2. The van der Waals surface area contributed by atoms with E-state index in [1.165, 1.54) is 0 Å². The van der Waals surface area contributed by atoms with Crippen molar-refractivity contribution >= 4 is 27.7 Å². The number of aliphatic hydroxyl groups is 1. The number of carbonyl (C=O) groups is 2. The minimum atomic E-state index is -0.884. The SMILES string of the molecule is Cc1cccc(C(=O)NCC(=O)NC2CN(C3CCC(O)(c4nn(C)cc4Br)CC3)C2)c1. The van der Waals surface area contributed by atoms with Gasteiger partial charge in [-0.25, -0.2) is 0 Å². The zero-order valence-electron chi connectivity index (χ0n) is 18.5. The molecule has 2 fully saturated rings. The standard InChI is InChI=1S/C23H30BrN5O3/c1-15-4-3-5-16(10-15)22(31)25-11-20(30)26-17-12-29(13-17)18-6-8-23(32,9-7-18)21-19(24)14-28(2)27-21/h3-5,10,14,17-18,32H,6-9,11-13H2,1-2H3,(H,25,31)(H,26,30). The third kappa shape index (κ3) is 5.05. The summed E-state index contributed by atoms with van der Waals surface area (Å²) in [5, 5.41) is 21.2. The first kappa shape index (κ1) is 22.9. The lowest BCUT2D eigenvalue weighted by molar-refractivity contribution is -0.122. The number of amides is 2. The summed E-state index contributed by atoms with van der Waals surface area (Å²) in [6, 6.07) is 7.80. The van der Waals surface area contributed by atoms with Crippen molar-refractivity contribution in [3.05, 3.63) is 51.8 Å². The molecule has 0 bridgehead atoms. The second kappa shape index (κ2) is 9.33. The Hall–Kier alpha value is -2.23. The van der Waals surface area contributed by atoms with Gasteiger partial charge in [0, 0.05) is 37.9 Å². The lowest BCUT2D eigenvalue weighted by Crippen LogP contribution is -2.63. The fourth-order valence-electron chi connectivity index (χ4n) is 4.69. The summed E-state index contributed by atoms with van der Waals surface area (Å²) in [7, 11) is 1.85. The van der Waals surface area contributed by atoms with Crippen LogP contribution in [0.1, 0.15) is 47.3 Å². The van der Waals surface area contributed by atoms with Crippen molar-refractivity contribution in [2.24, 2.45) is 7.05 Å². The van der Waals surface area contributed by atoms with Crippen molar-refractivity contribution in [2.45, 2.75) is 50.3 Å². The van der Waals surface area contributed by atoms with Crippen LogP contribution in [-0.4, -0.2) is 63.3 Å². The van der Waals surface area contributed by atoms with E-state index in [4.69, 9.17) is 0 Å². The zero-order chi connectivity index (χ0) is 22.9. The number of aryl methyl sites for hydroxylation is 2. The Morgan fingerprint density at radius 3 is 2.62 bits per heavy atom. The summed E-state index contributed by atoms with van der Waals surface area (Å²) >= 11 is 3.51. The number of likely N-dealkylation sites (tertiary alicyclic amines) is 1. The molecular weight excluding hydrogens is 474 g/mol. The predicted molar refractivity (Wildman–Crippen MR) is 124 cm³/mol. The van der Waals surface area contributed by atoms with Gasteiger partial charge < -0.3 is 15.7 Å². The van der Waals surface area contributed by atoms with E-state index in [1.807, 2.05) is 32.3 Å². The molecule has 3 N–H and O–H groups in total. The number of halogens is 1. The van der Waals surface area contributed by atoms with Gasteiger partial charge in [0.25, 0.3) is 5.91 Å². The average Bonchev–Trinajstić information content (AvgIpc) is 3.08. The molecule has 2 aliphatic rings. The van der Waals surface area contributed by atoms with Crippen LogP contribution in [-0.2, 0) is 17.4 Å². The molecule has 1 saturated heterocycles. The maximum Gasteiger partial charge on any atom is 0.251 e. The number of aromatic nitrogens is 2. The maximum atomic E-state index is 12.2.